The van der Waals surface area contributed by atoms with Gasteiger partial charge in [0.05, 0.1) is 12.1 Å². The molecule has 0 atom stereocenters. The number of rotatable bonds is 5. The maximum absolute atomic E-state index is 13.1. The third-order valence-electron chi connectivity index (χ3n) is 4.53. The molecule has 0 radical (unpaired) electrons. The minimum Gasteiger partial charge on any atom is -0.288 e. The van der Waals surface area contributed by atoms with Crippen LogP contribution in [0, 0.1) is 0 Å². The minimum absolute atomic E-state index is 0.202. The first-order chi connectivity index (χ1) is 13.1. The van der Waals surface area contributed by atoms with Crippen molar-refractivity contribution in [2.75, 3.05) is 0 Å². The first-order valence-corrected chi connectivity index (χ1v) is 10.3. The van der Waals surface area contributed by atoms with Crippen LogP contribution in [0.1, 0.15) is 11.1 Å². The molecule has 0 N–H and O–H groups in total. The third kappa shape index (κ3) is 3.68. The van der Waals surface area contributed by atoms with Gasteiger partial charge < -0.3 is 0 Å². The molecule has 4 nitrogen and oxygen atoms in total. The summed E-state index contributed by atoms with van der Waals surface area (Å²) in [6.07, 6.45) is 0.643. The monoisotopic (exact) mass is 440 g/mol. The van der Waals surface area contributed by atoms with E-state index in [1.54, 1.807) is 4.57 Å². The van der Waals surface area contributed by atoms with Gasteiger partial charge in [-0.15, -0.1) is 11.3 Å². The molecular formula is C21H17BrN2O2S. The van der Waals surface area contributed by atoms with E-state index in [0.717, 1.165) is 15.6 Å². The first-order valence-electron chi connectivity index (χ1n) is 8.63. The molecule has 4 rings (SSSR count). The molecule has 0 amide bonds. The number of aromatic nitrogens is 2. The number of halogens is 1. The molecule has 0 fully saturated rings. The molecule has 2 aromatic heterocycles. The van der Waals surface area contributed by atoms with E-state index in [4.69, 9.17) is 0 Å². The van der Waals surface area contributed by atoms with Crippen molar-refractivity contribution in [3.63, 3.8) is 0 Å². The van der Waals surface area contributed by atoms with Crippen LogP contribution in [0.4, 0.5) is 0 Å². The second-order valence-corrected chi connectivity index (χ2v) is 8.16. The van der Waals surface area contributed by atoms with Crippen molar-refractivity contribution in [3.8, 4) is 0 Å². The molecule has 0 spiro atoms. The van der Waals surface area contributed by atoms with Gasteiger partial charge in [-0.3, -0.25) is 13.9 Å². The second kappa shape index (κ2) is 7.66. The van der Waals surface area contributed by atoms with Crippen LogP contribution in [0.3, 0.4) is 0 Å². The molecule has 0 aliphatic heterocycles. The average Bonchev–Trinajstić information content (AvgIpc) is 3.16. The Morgan fingerprint density at radius 2 is 1.67 bits per heavy atom. The van der Waals surface area contributed by atoms with Crippen molar-refractivity contribution in [1.29, 1.82) is 0 Å². The Morgan fingerprint density at radius 3 is 2.44 bits per heavy atom. The van der Waals surface area contributed by atoms with Gasteiger partial charge >= 0.3 is 5.69 Å². The Morgan fingerprint density at radius 1 is 0.889 bits per heavy atom. The van der Waals surface area contributed by atoms with Crippen LogP contribution in [0.25, 0.3) is 10.2 Å². The summed E-state index contributed by atoms with van der Waals surface area (Å²) in [7, 11) is 0. The summed E-state index contributed by atoms with van der Waals surface area (Å²) in [5, 5.41) is 1.87. The van der Waals surface area contributed by atoms with E-state index in [1.165, 1.54) is 15.9 Å². The van der Waals surface area contributed by atoms with Crippen LogP contribution >= 0.6 is 27.3 Å². The summed E-state index contributed by atoms with van der Waals surface area (Å²) in [4.78, 5) is 26.0. The molecule has 4 aromatic rings. The maximum Gasteiger partial charge on any atom is 0.331 e. The molecule has 27 heavy (non-hydrogen) atoms. The fourth-order valence-electron chi connectivity index (χ4n) is 3.19. The highest BCUT2D eigenvalue weighted by molar-refractivity contribution is 9.10. The van der Waals surface area contributed by atoms with Gasteiger partial charge in [0, 0.05) is 11.0 Å². The minimum atomic E-state index is -0.262. The van der Waals surface area contributed by atoms with E-state index in [1.807, 2.05) is 66.0 Å². The average molecular weight is 441 g/mol. The molecule has 0 unspecified atom stereocenters. The smallest absolute Gasteiger partial charge is 0.288 e. The number of hydrogen-bond donors (Lipinski definition) is 0. The van der Waals surface area contributed by atoms with E-state index < -0.39 is 0 Å². The lowest BCUT2D eigenvalue weighted by atomic mass is 10.1. The second-order valence-electron chi connectivity index (χ2n) is 6.33. The van der Waals surface area contributed by atoms with Crippen LogP contribution in [-0.4, -0.2) is 9.13 Å². The molecule has 0 saturated heterocycles. The molecular weight excluding hydrogens is 424 g/mol. The lowest BCUT2D eigenvalue weighted by Crippen LogP contribution is -2.40. The Labute approximate surface area is 168 Å². The molecule has 0 saturated carbocycles. The van der Waals surface area contributed by atoms with Gasteiger partial charge in [-0.25, -0.2) is 4.79 Å². The molecule has 0 aliphatic rings. The van der Waals surface area contributed by atoms with Crippen molar-refractivity contribution in [2.45, 2.75) is 19.5 Å². The molecule has 6 heteroatoms. The standard InChI is InChI=1S/C21H17BrN2O2S/c22-17-8-4-7-16(13-17)14-24-18-10-12-27-19(18)20(25)23(21(24)26)11-9-15-5-2-1-3-6-15/h1-8,10,12-13H,9,11,14H2. The summed E-state index contributed by atoms with van der Waals surface area (Å²) in [6, 6.07) is 19.6. The van der Waals surface area contributed by atoms with E-state index in [-0.39, 0.29) is 11.2 Å². The van der Waals surface area contributed by atoms with Gasteiger partial charge in [0.2, 0.25) is 0 Å². The van der Waals surface area contributed by atoms with Crippen LogP contribution in [0.2, 0.25) is 0 Å². The highest BCUT2D eigenvalue weighted by Crippen LogP contribution is 2.18. The number of nitrogens with zero attached hydrogens (tertiary/aromatic N) is 2. The largest absolute Gasteiger partial charge is 0.331 e. The highest BCUT2D eigenvalue weighted by atomic mass is 79.9. The van der Waals surface area contributed by atoms with Crippen LogP contribution < -0.4 is 11.2 Å². The normalized spacial score (nSPS) is 11.1. The van der Waals surface area contributed by atoms with Gasteiger partial charge in [-0.05, 0) is 41.1 Å². The molecule has 2 heterocycles. The van der Waals surface area contributed by atoms with Gasteiger partial charge in [0.25, 0.3) is 5.56 Å². The SMILES string of the molecule is O=c1c2sccc2n(Cc2cccc(Br)c2)c(=O)n1CCc1ccccc1. The Kier molecular flexibility index (Phi) is 5.09. The molecule has 136 valence electrons. The molecule has 0 aliphatic carbocycles. The summed E-state index contributed by atoms with van der Waals surface area (Å²) >= 11 is 4.86. The van der Waals surface area contributed by atoms with Crippen LogP contribution in [-0.2, 0) is 19.5 Å². The fourth-order valence-corrected chi connectivity index (χ4v) is 4.48. The zero-order valence-corrected chi connectivity index (χ0v) is 16.9. The van der Waals surface area contributed by atoms with Gasteiger partial charge in [-0.2, -0.15) is 0 Å². The van der Waals surface area contributed by atoms with Crippen molar-refractivity contribution in [2.24, 2.45) is 0 Å². The van der Waals surface area contributed by atoms with Crippen molar-refractivity contribution < 1.29 is 0 Å². The Hall–Kier alpha value is -2.44. The van der Waals surface area contributed by atoms with E-state index in [2.05, 4.69) is 15.9 Å². The number of aryl methyl sites for hydroxylation is 1. The maximum atomic E-state index is 13.1. The number of benzene rings is 2. The third-order valence-corrected chi connectivity index (χ3v) is 5.92. The topological polar surface area (TPSA) is 44.0 Å². The zero-order chi connectivity index (χ0) is 18.8. The summed E-state index contributed by atoms with van der Waals surface area (Å²) in [6.45, 7) is 0.797. The van der Waals surface area contributed by atoms with Crippen LogP contribution in [0.5, 0.6) is 0 Å². The van der Waals surface area contributed by atoms with Crippen molar-refractivity contribution in [3.05, 3.63) is 102 Å². The number of thiophene rings is 1. The van der Waals surface area contributed by atoms with Crippen molar-refractivity contribution in [1.82, 2.24) is 9.13 Å². The zero-order valence-electron chi connectivity index (χ0n) is 14.5. The quantitative estimate of drug-likeness (QED) is 0.464. The lowest BCUT2D eigenvalue weighted by molar-refractivity contribution is 0.591. The van der Waals surface area contributed by atoms with E-state index >= 15 is 0 Å². The predicted molar refractivity (Wildman–Crippen MR) is 114 cm³/mol. The summed E-state index contributed by atoms with van der Waals surface area (Å²) < 4.78 is 4.65. The van der Waals surface area contributed by atoms with E-state index in [9.17, 15) is 9.59 Å². The van der Waals surface area contributed by atoms with Crippen LogP contribution in [0.15, 0.2) is 80.1 Å². The highest BCUT2D eigenvalue weighted by Gasteiger charge is 2.14. The summed E-state index contributed by atoms with van der Waals surface area (Å²) in [5.74, 6) is 0. The first kappa shape index (κ1) is 17.9. The van der Waals surface area contributed by atoms with Gasteiger partial charge in [0.1, 0.15) is 4.70 Å². The van der Waals surface area contributed by atoms with Crippen molar-refractivity contribution >= 4 is 37.5 Å². The summed E-state index contributed by atoms with van der Waals surface area (Å²) in [5.41, 5.74) is 2.35. The predicted octanol–water partition coefficient (Wildman–Crippen LogP) is 4.28. The number of hydrogen-bond acceptors (Lipinski definition) is 3. The van der Waals surface area contributed by atoms with E-state index in [0.29, 0.717) is 29.7 Å². The lowest BCUT2D eigenvalue weighted by Gasteiger charge is -2.12. The molecule has 0 bridgehead atoms. The molecule has 2 aromatic carbocycles. The fraction of sp³-hybridized carbons (Fsp3) is 0.143. The van der Waals surface area contributed by atoms with Gasteiger partial charge in [-0.1, -0.05) is 58.4 Å². The Bertz CT molecular complexity index is 1210. The Balaban J connectivity index is 1.78. The van der Waals surface area contributed by atoms with Gasteiger partial charge in [0.15, 0.2) is 0 Å². The number of fused-ring (bicyclic) bond motifs is 1.